The molecular weight excluding hydrogens is 200 g/mol. The molecule has 2 atom stereocenters. The largest absolute Gasteiger partial charge is 0.303 e. The first-order valence-electron chi connectivity index (χ1n) is 6.59. The highest BCUT2D eigenvalue weighted by Gasteiger charge is 2.27. The van der Waals surface area contributed by atoms with Gasteiger partial charge in [0.25, 0.3) is 0 Å². The van der Waals surface area contributed by atoms with Crippen molar-refractivity contribution in [3.8, 4) is 0 Å². The Morgan fingerprint density at radius 1 is 1.00 bits per heavy atom. The highest BCUT2D eigenvalue weighted by Crippen LogP contribution is 2.22. The van der Waals surface area contributed by atoms with Crippen LogP contribution in [0.25, 0.3) is 0 Å². The zero-order chi connectivity index (χ0) is 11.5. The molecule has 0 amide bonds. The molecule has 2 saturated heterocycles. The summed E-state index contributed by atoms with van der Waals surface area (Å²) in [6.07, 6.45) is 6.50. The van der Waals surface area contributed by atoms with Gasteiger partial charge in [-0.3, -0.25) is 4.79 Å². The van der Waals surface area contributed by atoms with Gasteiger partial charge < -0.3 is 9.80 Å². The molecule has 0 aromatic carbocycles. The molecule has 3 nitrogen and oxygen atoms in total. The maximum atomic E-state index is 12.0. The van der Waals surface area contributed by atoms with Gasteiger partial charge >= 0.3 is 0 Å². The molecule has 0 aromatic heterocycles. The predicted molar refractivity (Wildman–Crippen MR) is 65.5 cm³/mol. The highest BCUT2D eigenvalue weighted by molar-refractivity contribution is 5.79. The minimum atomic E-state index is 0.470. The number of carbonyl (C=O) groups excluding carboxylic acids is 1. The van der Waals surface area contributed by atoms with Crippen LogP contribution in [0.1, 0.15) is 38.5 Å². The average Bonchev–Trinajstić information content (AvgIpc) is 2.79. The quantitative estimate of drug-likeness (QED) is 0.723. The van der Waals surface area contributed by atoms with Crippen molar-refractivity contribution in [2.24, 2.45) is 0 Å². The SMILES string of the molecule is CN1CCCC1CC(=O)C[C@@H]1CCCN1C. The first-order chi connectivity index (χ1) is 7.66. The summed E-state index contributed by atoms with van der Waals surface area (Å²) in [4.78, 5) is 16.7. The zero-order valence-electron chi connectivity index (χ0n) is 10.6. The molecule has 1 unspecified atom stereocenters. The maximum absolute atomic E-state index is 12.0. The molecule has 2 rings (SSSR count). The van der Waals surface area contributed by atoms with E-state index in [1.54, 1.807) is 0 Å². The Hall–Kier alpha value is -0.410. The minimum Gasteiger partial charge on any atom is -0.303 e. The van der Waals surface area contributed by atoms with E-state index in [0.717, 1.165) is 12.8 Å². The van der Waals surface area contributed by atoms with Gasteiger partial charge in [-0.25, -0.2) is 0 Å². The van der Waals surface area contributed by atoms with Crippen LogP contribution >= 0.6 is 0 Å². The zero-order valence-corrected chi connectivity index (χ0v) is 10.6. The molecule has 2 aliphatic heterocycles. The molecule has 0 aliphatic carbocycles. The number of hydrogen-bond acceptors (Lipinski definition) is 3. The molecule has 0 N–H and O–H groups in total. The van der Waals surface area contributed by atoms with Gasteiger partial charge in [0.2, 0.25) is 0 Å². The van der Waals surface area contributed by atoms with Gasteiger partial charge in [-0.15, -0.1) is 0 Å². The fraction of sp³-hybridized carbons (Fsp3) is 0.923. The summed E-state index contributed by atoms with van der Waals surface area (Å²) in [5.41, 5.74) is 0. The third-order valence-corrected chi connectivity index (χ3v) is 4.27. The third-order valence-electron chi connectivity index (χ3n) is 4.27. The highest BCUT2D eigenvalue weighted by atomic mass is 16.1. The number of likely N-dealkylation sites (tertiary alicyclic amines) is 2. The van der Waals surface area contributed by atoms with E-state index in [-0.39, 0.29) is 0 Å². The van der Waals surface area contributed by atoms with Crippen LogP contribution < -0.4 is 0 Å². The van der Waals surface area contributed by atoms with Crippen molar-refractivity contribution in [3.05, 3.63) is 0 Å². The first-order valence-corrected chi connectivity index (χ1v) is 6.59. The third kappa shape index (κ3) is 2.83. The van der Waals surface area contributed by atoms with Crippen LogP contribution in [0, 0.1) is 0 Å². The van der Waals surface area contributed by atoms with Crippen LogP contribution in [0.3, 0.4) is 0 Å². The van der Waals surface area contributed by atoms with Crippen molar-refractivity contribution in [2.45, 2.75) is 50.6 Å². The first kappa shape index (κ1) is 12.1. The summed E-state index contributed by atoms with van der Waals surface area (Å²) in [6.45, 7) is 2.34. The molecule has 0 spiro atoms. The van der Waals surface area contributed by atoms with E-state index < -0.39 is 0 Å². The molecule has 0 radical (unpaired) electrons. The topological polar surface area (TPSA) is 23.6 Å². The molecule has 2 fully saturated rings. The standard InChI is InChI=1S/C13H24N2O/c1-14-7-3-5-11(14)9-13(16)10-12-6-4-8-15(12)2/h11-12H,3-10H2,1-2H3/t11-,12?/m0/s1. The Balaban J connectivity index is 1.75. The van der Waals surface area contributed by atoms with Crippen LogP contribution in [0.2, 0.25) is 0 Å². The van der Waals surface area contributed by atoms with Crippen LogP contribution in [-0.2, 0) is 4.79 Å². The Bertz CT molecular complexity index is 230. The van der Waals surface area contributed by atoms with E-state index >= 15 is 0 Å². The number of Topliss-reactive ketones (excluding diaryl/α,β-unsaturated/α-hetero) is 1. The van der Waals surface area contributed by atoms with Gasteiger partial charge in [0.15, 0.2) is 0 Å². The van der Waals surface area contributed by atoms with E-state index in [0.29, 0.717) is 17.9 Å². The molecule has 2 aliphatic rings. The minimum absolute atomic E-state index is 0.470. The van der Waals surface area contributed by atoms with E-state index in [9.17, 15) is 4.79 Å². The van der Waals surface area contributed by atoms with E-state index in [1.807, 2.05) is 0 Å². The molecule has 2 heterocycles. The van der Waals surface area contributed by atoms with Gasteiger partial charge in [-0.1, -0.05) is 0 Å². The molecule has 16 heavy (non-hydrogen) atoms. The number of carbonyl (C=O) groups is 1. The molecule has 0 saturated carbocycles. The number of ketones is 1. The fourth-order valence-electron chi connectivity index (χ4n) is 3.08. The lowest BCUT2D eigenvalue weighted by Crippen LogP contribution is -2.31. The van der Waals surface area contributed by atoms with Gasteiger partial charge in [0, 0.05) is 24.9 Å². The second-order valence-electron chi connectivity index (χ2n) is 5.50. The molecule has 0 aromatic rings. The van der Waals surface area contributed by atoms with E-state index in [2.05, 4.69) is 23.9 Å². The lowest BCUT2D eigenvalue weighted by atomic mass is 10.0. The van der Waals surface area contributed by atoms with Crippen molar-refractivity contribution >= 4 is 5.78 Å². The van der Waals surface area contributed by atoms with Crippen molar-refractivity contribution in [1.29, 1.82) is 0 Å². The van der Waals surface area contributed by atoms with E-state index in [1.165, 1.54) is 38.8 Å². The molecule has 3 heteroatoms. The summed E-state index contributed by atoms with van der Waals surface area (Å²) >= 11 is 0. The van der Waals surface area contributed by atoms with Gasteiger partial charge in [0.05, 0.1) is 0 Å². The Morgan fingerprint density at radius 2 is 1.44 bits per heavy atom. The lowest BCUT2D eigenvalue weighted by Gasteiger charge is -2.21. The van der Waals surface area contributed by atoms with Crippen LogP contribution in [-0.4, -0.2) is 54.9 Å². The Morgan fingerprint density at radius 3 is 1.75 bits per heavy atom. The van der Waals surface area contributed by atoms with Gasteiger partial charge in [0.1, 0.15) is 5.78 Å². The van der Waals surface area contributed by atoms with Crippen LogP contribution in [0.15, 0.2) is 0 Å². The maximum Gasteiger partial charge on any atom is 0.136 e. The van der Waals surface area contributed by atoms with Crippen LogP contribution in [0.5, 0.6) is 0 Å². The predicted octanol–water partition coefficient (Wildman–Crippen LogP) is 1.52. The molecular formula is C13H24N2O. The smallest absolute Gasteiger partial charge is 0.136 e. The summed E-state index contributed by atoms with van der Waals surface area (Å²) in [6, 6.07) is 1.05. The van der Waals surface area contributed by atoms with Gasteiger partial charge in [-0.2, -0.15) is 0 Å². The molecule has 0 bridgehead atoms. The van der Waals surface area contributed by atoms with Crippen molar-refractivity contribution in [1.82, 2.24) is 9.80 Å². The van der Waals surface area contributed by atoms with Crippen molar-refractivity contribution < 1.29 is 4.79 Å². The van der Waals surface area contributed by atoms with Crippen LogP contribution in [0.4, 0.5) is 0 Å². The monoisotopic (exact) mass is 224 g/mol. The summed E-state index contributed by atoms with van der Waals surface area (Å²) in [5, 5.41) is 0. The lowest BCUT2D eigenvalue weighted by molar-refractivity contribution is -0.120. The summed E-state index contributed by atoms with van der Waals surface area (Å²) < 4.78 is 0. The fourth-order valence-corrected chi connectivity index (χ4v) is 3.08. The van der Waals surface area contributed by atoms with Crippen molar-refractivity contribution in [3.63, 3.8) is 0 Å². The molecule has 92 valence electrons. The normalized spacial score (nSPS) is 32.4. The Labute approximate surface area is 98.8 Å². The average molecular weight is 224 g/mol. The second kappa shape index (κ2) is 5.28. The van der Waals surface area contributed by atoms with Gasteiger partial charge in [-0.05, 0) is 52.9 Å². The Kier molecular flexibility index (Phi) is 3.98. The number of hydrogen-bond donors (Lipinski definition) is 0. The summed E-state index contributed by atoms with van der Waals surface area (Å²) in [7, 11) is 4.29. The number of nitrogens with zero attached hydrogens (tertiary/aromatic N) is 2. The second-order valence-corrected chi connectivity index (χ2v) is 5.50. The van der Waals surface area contributed by atoms with Crippen molar-refractivity contribution in [2.75, 3.05) is 27.2 Å². The number of rotatable bonds is 4. The van der Waals surface area contributed by atoms with E-state index in [4.69, 9.17) is 0 Å². The summed E-state index contributed by atoms with van der Waals surface area (Å²) in [5.74, 6) is 0.470.